The van der Waals surface area contributed by atoms with Gasteiger partial charge >= 0.3 is 0 Å². The number of halogens is 1. The normalized spacial score (nSPS) is 18.6. The number of amides is 2. The Morgan fingerprint density at radius 2 is 2.32 bits per heavy atom. The third-order valence-corrected chi connectivity index (χ3v) is 3.53. The van der Waals surface area contributed by atoms with Crippen LogP contribution in [0.25, 0.3) is 0 Å². The molecule has 0 saturated carbocycles. The van der Waals surface area contributed by atoms with Crippen molar-refractivity contribution < 1.29 is 19.1 Å². The number of furan rings is 1. The molecule has 1 saturated heterocycles. The van der Waals surface area contributed by atoms with Crippen LogP contribution in [0.4, 0.5) is 0 Å². The maximum atomic E-state index is 11.9. The molecule has 1 aromatic rings. The monoisotopic (exact) mass is 330 g/mol. The molecule has 1 fully saturated rings. The average molecular weight is 331 g/mol. The molecule has 1 atom stereocenters. The second-order valence-corrected chi connectivity index (χ2v) is 5.13. The van der Waals surface area contributed by atoms with Crippen molar-refractivity contribution in [2.75, 3.05) is 19.7 Å². The fourth-order valence-corrected chi connectivity index (χ4v) is 2.44. The van der Waals surface area contributed by atoms with E-state index in [9.17, 15) is 9.59 Å². The average Bonchev–Trinajstić information content (AvgIpc) is 3.03. The van der Waals surface area contributed by atoms with Crippen LogP contribution < -0.4 is 5.32 Å². The van der Waals surface area contributed by atoms with Gasteiger partial charge in [0, 0.05) is 6.54 Å². The van der Waals surface area contributed by atoms with Crippen LogP contribution in [0.1, 0.15) is 23.4 Å². The quantitative estimate of drug-likeness (QED) is 0.853. The minimum atomic E-state index is -0.432. The van der Waals surface area contributed by atoms with Gasteiger partial charge in [0.15, 0.2) is 10.4 Å². The second kappa shape index (κ2) is 6.21. The van der Waals surface area contributed by atoms with E-state index in [1.807, 2.05) is 0 Å². The summed E-state index contributed by atoms with van der Waals surface area (Å²) in [5.41, 5.74) is 0. The summed E-state index contributed by atoms with van der Waals surface area (Å²) in [5.74, 6) is -0.464. The van der Waals surface area contributed by atoms with Crippen LogP contribution >= 0.6 is 15.9 Å². The molecule has 2 N–H and O–H groups in total. The van der Waals surface area contributed by atoms with Crippen molar-refractivity contribution in [1.82, 2.24) is 10.2 Å². The lowest BCUT2D eigenvalue weighted by Gasteiger charge is -2.22. The van der Waals surface area contributed by atoms with Gasteiger partial charge in [-0.25, -0.2) is 0 Å². The number of rotatable bonds is 4. The Morgan fingerprint density at radius 3 is 2.95 bits per heavy atom. The van der Waals surface area contributed by atoms with Gasteiger partial charge in [0.05, 0.1) is 19.2 Å². The molecule has 0 aliphatic carbocycles. The maximum absolute atomic E-state index is 11.9. The molecule has 1 aromatic heterocycles. The molecule has 0 spiro atoms. The molecule has 0 radical (unpaired) electrons. The number of carbonyl (C=O) groups is 2. The van der Waals surface area contributed by atoms with Crippen molar-refractivity contribution in [1.29, 1.82) is 0 Å². The molecule has 6 nitrogen and oxygen atoms in total. The summed E-state index contributed by atoms with van der Waals surface area (Å²) < 4.78 is 5.55. The summed E-state index contributed by atoms with van der Waals surface area (Å²) in [5, 5.41) is 11.6. The van der Waals surface area contributed by atoms with Gasteiger partial charge in [0.1, 0.15) is 0 Å². The molecule has 7 heteroatoms. The maximum Gasteiger partial charge on any atom is 0.287 e. The zero-order valence-electron chi connectivity index (χ0n) is 10.3. The van der Waals surface area contributed by atoms with Crippen molar-refractivity contribution in [2.24, 2.45) is 0 Å². The predicted molar refractivity (Wildman–Crippen MR) is 70.6 cm³/mol. The van der Waals surface area contributed by atoms with Crippen LogP contribution in [-0.4, -0.2) is 47.6 Å². The SMILES string of the molecule is O=C(NCC(=O)N1CCC[C@H]1CO)c1ccc(Br)o1. The Hall–Kier alpha value is -1.34. The van der Waals surface area contributed by atoms with Crippen molar-refractivity contribution in [3.05, 3.63) is 22.6 Å². The highest BCUT2D eigenvalue weighted by Gasteiger charge is 2.28. The molecule has 1 aliphatic heterocycles. The Morgan fingerprint density at radius 1 is 1.53 bits per heavy atom. The fraction of sp³-hybridized carbons (Fsp3) is 0.500. The molecule has 0 bridgehead atoms. The Bertz CT molecular complexity index is 474. The van der Waals surface area contributed by atoms with Crippen molar-refractivity contribution in [3.63, 3.8) is 0 Å². The molecule has 2 rings (SSSR count). The van der Waals surface area contributed by atoms with Gasteiger partial charge in [-0.15, -0.1) is 0 Å². The number of carbonyl (C=O) groups excluding carboxylic acids is 2. The summed E-state index contributed by atoms with van der Waals surface area (Å²) in [4.78, 5) is 25.2. The molecule has 0 unspecified atom stereocenters. The van der Waals surface area contributed by atoms with E-state index >= 15 is 0 Å². The second-order valence-electron chi connectivity index (χ2n) is 4.35. The van der Waals surface area contributed by atoms with Crippen molar-refractivity contribution in [3.8, 4) is 0 Å². The van der Waals surface area contributed by atoms with E-state index in [-0.39, 0.29) is 30.9 Å². The predicted octanol–water partition coefficient (Wildman–Crippen LogP) is 0.755. The zero-order valence-corrected chi connectivity index (χ0v) is 11.9. The van der Waals surface area contributed by atoms with E-state index in [1.54, 1.807) is 11.0 Å². The standard InChI is InChI=1S/C12H15BrN2O4/c13-10-4-3-9(19-10)12(18)14-6-11(17)15-5-1-2-8(15)7-16/h3-4,8,16H,1-2,5-7H2,(H,14,18)/t8-/m0/s1. The minimum Gasteiger partial charge on any atom is -0.444 e. The molecule has 19 heavy (non-hydrogen) atoms. The first kappa shape index (κ1) is 14.1. The van der Waals surface area contributed by atoms with Gasteiger partial charge in [0.2, 0.25) is 5.91 Å². The lowest BCUT2D eigenvalue weighted by atomic mass is 10.2. The van der Waals surface area contributed by atoms with E-state index in [0.717, 1.165) is 12.8 Å². The number of nitrogens with zero attached hydrogens (tertiary/aromatic N) is 1. The summed E-state index contributed by atoms with van der Waals surface area (Å²) in [6.07, 6.45) is 1.69. The highest BCUT2D eigenvalue weighted by Crippen LogP contribution is 2.16. The molecule has 104 valence electrons. The molecule has 2 amide bonds. The van der Waals surface area contributed by atoms with Crippen LogP contribution in [0, 0.1) is 0 Å². The molecular weight excluding hydrogens is 316 g/mol. The highest BCUT2D eigenvalue weighted by atomic mass is 79.9. The Balaban J connectivity index is 1.85. The van der Waals surface area contributed by atoms with Crippen LogP contribution in [0.2, 0.25) is 0 Å². The number of aliphatic hydroxyl groups is 1. The first-order valence-corrected chi connectivity index (χ1v) is 6.85. The van der Waals surface area contributed by atoms with E-state index < -0.39 is 5.91 Å². The van der Waals surface area contributed by atoms with Gasteiger partial charge in [-0.3, -0.25) is 9.59 Å². The number of aliphatic hydroxyl groups excluding tert-OH is 1. The highest BCUT2D eigenvalue weighted by molar-refractivity contribution is 9.10. The lowest BCUT2D eigenvalue weighted by molar-refractivity contribution is -0.131. The van der Waals surface area contributed by atoms with E-state index in [1.165, 1.54) is 6.07 Å². The van der Waals surface area contributed by atoms with Gasteiger partial charge in [-0.05, 0) is 40.9 Å². The lowest BCUT2D eigenvalue weighted by Crippen LogP contribution is -2.43. The molecule has 0 aromatic carbocycles. The van der Waals surface area contributed by atoms with Gasteiger partial charge in [-0.1, -0.05) is 0 Å². The van der Waals surface area contributed by atoms with Crippen LogP contribution in [0.3, 0.4) is 0 Å². The molecule has 1 aliphatic rings. The number of nitrogens with one attached hydrogen (secondary N) is 1. The summed E-state index contributed by atoms with van der Waals surface area (Å²) in [6.45, 7) is 0.505. The fourth-order valence-electron chi connectivity index (χ4n) is 2.13. The third-order valence-electron chi connectivity index (χ3n) is 3.11. The Labute approximate surface area is 118 Å². The first-order valence-electron chi connectivity index (χ1n) is 6.05. The topological polar surface area (TPSA) is 82.8 Å². The number of hydrogen-bond acceptors (Lipinski definition) is 4. The number of likely N-dealkylation sites (tertiary alicyclic amines) is 1. The van der Waals surface area contributed by atoms with Crippen LogP contribution in [0.15, 0.2) is 21.2 Å². The van der Waals surface area contributed by atoms with Crippen molar-refractivity contribution >= 4 is 27.7 Å². The zero-order chi connectivity index (χ0) is 13.8. The van der Waals surface area contributed by atoms with Gasteiger partial charge in [0.25, 0.3) is 5.91 Å². The van der Waals surface area contributed by atoms with Crippen molar-refractivity contribution in [2.45, 2.75) is 18.9 Å². The van der Waals surface area contributed by atoms with Crippen LogP contribution in [0.5, 0.6) is 0 Å². The van der Waals surface area contributed by atoms with E-state index in [2.05, 4.69) is 21.2 Å². The molecule has 2 heterocycles. The minimum absolute atomic E-state index is 0.0369. The largest absolute Gasteiger partial charge is 0.444 e. The third kappa shape index (κ3) is 3.36. The van der Waals surface area contributed by atoms with Crippen LogP contribution in [-0.2, 0) is 4.79 Å². The van der Waals surface area contributed by atoms with Gasteiger partial charge in [-0.2, -0.15) is 0 Å². The first-order chi connectivity index (χ1) is 9.11. The summed E-state index contributed by atoms with van der Waals surface area (Å²) in [6, 6.07) is 3.01. The Kier molecular flexibility index (Phi) is 4.60. The van der Waals surface area contributed by atoms with E-state index in [4.69, 9.17) is 9.52 Å². The van der Waals surface area contributed by atoms with Gasteiger partial charge < -0.3 is 19.7 Å². The smallest absolute Gasteiger partial charge is 0.287 e. The number of hydrogen-bond donors (Lipinski definition) is 2. The summed E-state index contributed by atoms with van der Waals surface area (Å²) >= 11 is 3.10. The summed E-state index contributed by atoms with van der Waals surface area (Å²) in [7, 11) is 0. The van der Waals surface area contributed by atoms with E-state index in [0.29, 0.717) is 11.2 Å². The molecular formula is C12H15BrN2O4.